The van der Waals surface area contributed by atoms with E-state index in [1.807, 2.05) is 6.92 Å². The maximum atomic E-state index is 12.6. The second kappa shape index (κ2) is 6.55. The molecule has 0 bridgehead atoms. The SMILES string of the molecule is CNCn1nc(-c2ccc(C)cc2)n(C[C@@H](O)C(F)(F)F)c1=O. The standard InChI is InChI=1S/C14H17F3N4O2/c1-9-3-5-10(6-4-9)12-19-21(8-18-2)13(23)20(12)7-11(22)14(15,16)17/h3-6,11,18,22H,7-8H2,1-2H3/t11-/m1/s1. The molecule has 2 aromatic rings. The van der Waals surface area contributed by atoms with Crippen molar-refractivity contribution in [2.24, 2.45) is 0 Å². The molecule has 0 saturated carbocycles. The summed E-state index contributed by atoms with van der Waals surface area (Å²) < 4.78 is 39.7. The Balaban J connectivity index is 2.50. The smallest absolute Gasteiger partial charge is 0.382 e. The van der Waals surface area contributed by atoms with Crippen molar-refractivity contribution in [2.75, 3.05) is 7.05 Å². The summed E-state index contributed by atoms with van der Waals surface area (Å²) in [5.74, 6) is 0.0774. The maximum absolute atomic E-state index is 12.6. The van der Waals surface area contributed by atoms with Gasteiger partial charge in [0.15, 0.2) is 11.9 Å². The van der Waals surface area contributed by atoms with Crippen LogP contribution in [0.1, 0.15) is 5.56 Å². The number of alkyl halides is 3. The number of benzene rings is 1. The van der Waals surface area contributed by atoms with Gasteiger partial charge < -0.3 is 10.4 Å². The van der Waals surface area contributed by atoms with E-state index < -0.39 is 24.5 Å². The van der Waals surface area contributed by atoms with E-state index in [9.17, 15) is 23.1 Å². The van der Waals surface area contributed by atoms with Crippen LogP contribution in [0.4, 0.5) is 13.2 Å². The summed E-state index contributed by atoms with van der Waals surface area (Å²) in [6, 6.07) is 6.86. The van der Waals surface area contributed by atoms with Crippen LogP contribution in [0.2, 0.25) is 0 Å². The Kier molecular flexibility index (Phi) is 4.90. The van der Waals surface area contributed by atoms with Crippen LogP contribution in [0.15, 0.2) is 29.1 Å². The lowest BCUT2D eigenvalue weighted by atomic mass is 10.1. The Labute approximate surface area is 130 Å². The summed E-state index contributed by atoms with van der Waals surface area (Å²) in [7, 11) is 1.58. The van der Waals surface area contributed by atoms with E-state index in [1.165, 1.54) is 0 Å². The molecule has 0 saturated heterocycles. The lowest BCUT2D eigenvalue weighted by Gasteiger charge is -2.15. The minimum atomic E-state index is -4.81. The first-order valence-electron chi connectivity index (χ1n) is 6.88. The Morgan fingerprint density at radius 2 is 1.91 bits per heavy atom. The highest BCUT2D eigenvalue weighted by Gasteiger charge is 2.39. The molecule has 1 aromatic heterocycles. The minimum absolute atomic E-state index is 0.0484. The van der Waals surface area contributed by atoms with Gasteiger partial charge in [-0.1, -0.05) is 29.8 Å². The van der Waals surface area contributed by atoms with Crippen molar-refractivity contribution < 1.29 is 18.3 Å². The van der Waals surface area contributed by atoms with E-state index in [0.29, 0.717) is 5.56 Å². The quantitative estimate of drug-likeness (QED) is 0.862. The number of nitrogens with zero attached hydrogens (tertiary/aromatic N) is 3. The van der Waals surface area contributed by atoms with Gasteiger partial charge in [-0.25, -0.2) is 4.79 Å². The van der Waals surface area contributed by atoms with Crippen LogP contribution < -0.4 is 11.0 Å². The van der Waals surface area contributed by atoms with Crippen molar-refractivity contribution >= 4 is 0 Å². The van der Waals surface area contributed by atoms with E-state index >= 15 is 0 Å². The fourth-order valence-electron chi connectivity index (χ4n) is 2.05. The third-order valence-corrected chi connectivity index (χ3v) is 3.27. The minimum Gasteiger partial charge on any atom is -0.382 e. The van der Waals surface area contributed by atoms with Crippen LogP contribution in [0.25, 0.3) is 11.4 Å². The highest BCUT2D eigenvalue weighted by molar-refractivity contribution is 5.55. The number of aromatic nitrogens is 3. The lowest BCUT2D eigenvalue weighted by molar-refractivity contribution is -0.207. The molecule has 1 heterocycles. The molecule has 2 N–H and O–H groups in total. The highest BCUT2D eigenvalue weighted by atomic mass is 19.4. The van der Waals surface area contributed by atoms with Gasteiger partial charge in [0.25, 0.3) is 0 Å². The maximum Gasteiger partial charge on any atom is 0.416 e. The fraction of sp³-hybridized carbons (Fsp3) is 0.429. The summed E-state index contributed by atoms with van der Waals surface area (Å²) in [5, 5.41) is 16.1. The number of rotatable bonds is 5. The van der Waals surface area contributed by atoms with Crippen LogP contribution in [-0.4, -0.2) is 38.8 Å². The van der Waals surface area contributed by atoms with Crippen LogP contribution in [0, 0.1) is 6.92 Å². The number of hydrogen-bond acceptors (Lipinski definition) is 4. The Bertz CT molecular complexity index is 719. The van der Waals surface area contributed by atoms with Gasteiger partial charge in [-0.3, -0.25) is 4.57 Å². The van der Waals surface area contributed by atoms with Crippen LogP contribution in [-0.2, 0) is 13.2 Å². The highest BCUT2D eigenvalue weighted by Crippen LogP contribution is 2.23. The predicted octanol–water partition coefficient (Wildman–Crippen LogP) is 1.12. The van der Waals surface area contributed by atoms with Gasteiger partial charge in [-0.15, -0.1) is 5.10 Å². The van der Waals surface area contributed by atoms with Gasteiger partial charge in [-0.05, 0) is 14.0 Å². The zero-order valence-electron chi connectivity index (χ0n) is 12.6. The number of nitrogens with one attached hydrogen (secondary N) is 1. The average Bonchev–Trinajstić information content (AvgIpc) is 2.77. The monoisotopic (exact) mass is 330 g/mol. The molecule has 0 unspecified atom stereocenters. The molecule has 6 nitrogen and oxygen atoms in total. The number of aryl methyl sites for hydroxylation is 1. The molecule has 0 aliphatic carbocycles. The molecule has 0 radical (unpaired) electrons. The molecule has 9 heteroatoms. The molecule has 2 rings (SSSR count). The molecule has 1 aromatic carbocycles. The first-order valence-corrected chi connectivity index (χ1v) is 6.88. The van der Waals surface area contributed by atoms with E-state index in [0.717, 1.165) is 14.8 Å². The predicted molar refractivity (Wildman–Crippen MR) is 77.8 cm³/mol. The number of halogens is 3. The van der Waals surface area contributed by atoms with Gasteiger partial charge >= 0.3 is 11.9 Å². The van der Waals surface area contributed by atoms with Crippen molar-refractivity contribution in [2.45, 2.75) is 32.4 Å². The third kappa shape index (κ3) is 3.80. The Hall–Kier alpha value is -2.13. The van der Waals surface area contributed by atoms with Crippen LogP contribution in [0.3, 0.4) is 0 Å². The number of aliphatic hydroxyl groups is 1. The van der Waals surface area contributed by atoms with Crippen molar-refractivity contribution in [1.82, 2.24) is 19.7 Å². The molecule has 0 aliphatic rings. The van der Waals surface area contributed by atoms with E-state index in [2.05, 4.69) is 10.4 Å². The van der Waals surface area contributed by atoms with Crippen LogP contribution >= 0.6 is 0 Å². The summed E-state index contributed by atoms with van der Waals surface area (Å²) in [5.41, 5.74) is 0.739. The second-order valence-electron chi connectivity index (χ2n) is 5.15. The van der Waals surface area contributed by atoms with Gasteiger partial charge in [0.1, 0.15) is 0 Å². The summed E-state index contributed by atoms with van der Waals surface area (Å²) >= 11 is 0. The van der Waals surface area contributed by atoms with Gasteiger partial charge in [0, 0.05) is 5.56 Å². The summed E-state index contributed by atoms with van der Waals surface area (Å²) in [6.45, 7) is 1.01. The summed E-state index contributed by atoms with van der Waals surface area (Å²) in [4.78, 5) is 12.2. The third-order valence-electron chi connectivity index (χ3n) is 3.27. The molecular formula is C14H17F3N4O2. The summed E-state index contributed by atoms with van der Waals surface area (Å²) in [6.07, 6.45) is -7.45. The van der Waals surface area contributed by atoms with Crippen molar-refractivity contribution in [3.05, 3.63) is 40.3 Å². The van der Waals surface area contributed by atoms with E-state index in [1.54, 1.807) is 31.3 Å². The molecule has 23 heavy (non-hydrogen) atoms. The Morgan fingerprint density at radius 3 is 2.43 bits per heavy atom. The zero-order valence-corrected chi connectivity index (χ0v) is 12.6. The van der Waals surface area contributed by atoms with Crippen molar-refractivity contribution in [3.8, 4) is 11.4 Å². The van der Waals surface area contributed by atoms with Crippen LogP contribution in [0.5, 0.6) is 0 Å². The molecule has 0 aliphatic heterocycles. The molecule has 0 amide bonds. The van der Waals surface area contributed by atoms with Crippen molar-refractivity contribution in [3.63, 3.8) is 0 Å². The molecule has 0 spiro atoms. The van der Waals surface area contributed by atoms with E-state index in [4.69, 9.17) is 0 Å². The number of hydrogen-bond donors (Lipinski definition) is 2. The molecular weight excluding hydrogens is 313 g/mol. The van der Waals surface area contributed by atoms with E-state index in [-0.39, 0.29) is 12.5 Å². The second-order valence-corrected chi connectivity index (χ2v) is 5.15. The Morgan fingerprint density at radius 1 is 1.30 bits per heavy atom. The molecule has 0 fully saturated rings. The topological polar surface area (TPSA) is 72.1 Å². The zero-order chi connectivity index (χ0) is 17.2. The molecule has 1 atom stereocenters. The molecule has 126 valence electrons. The lowest BCUT2D eigenvalue weighted by Crippen LogP contribution is -2.37. The van der Waals surface area contributed by atoms with Gasteiger partial charge in [0.2, 0.25) is 0 Å². The first-order chi connectivity index (χ1) is 10.7. The van der Waals surface area contributed by atoms with Gasteiger partial charge in [0.05, 0.1) is 13.2 Å². The normalized spacial score (nSPS) is 13.3. The van der Waals surface area contributed by atoms with Gasteiger partial charge in [-0.2, -0.15) is 17.9 Å². The average molecular weight is 330 g/mol. The van der Waals surface area contributed by atoms with Crippen molar-refractivity contribution in [1.29, 1.82) is 0 Å². The largest absolute Gasteiger partial charge is 0.416 e. The fourth-order valence-corrected chi connectivity index (χ4v) is 2.05. The first kappa shape index (κ1) is 17.2. The number of aliphatic hydroxyl groups excluding tert-OH is 1.